The van der Waals surface area contributed by atoms with Crippen LogP contribution in [0.1, 0.15) is 33.6 Å². The van der Waals surface area contributed by atoms with Crippen LogP contribution in [0.2, 0.25) is 0 Å². The SMILES string of the molecule is COC(=O)c1c(NC(=O)CN(C)CC(=O)Nc2ccccc2)sc2c1CCCC2. The standard InChI is InChI=1S/C21H25N3O4S/c1-24(12-17(25)22-14-8-4-3-5-9-14)13-18(26)23-20-19(21(27)28-2)15-10-6-7-11-16(15)29-20/h3-5,8-9H,6-7,10-13H2,1-2H3,(H,22,25)(H,23,26). The molecule has 2 N–H and O–H groups in total. The number of nitrogens with one attached hydrogen (secondary N) is 2. The van der Waals surface area contributed by atoms with Crippen LogP contribution in [0.25, 0.3) is 0 Å². The van der Waals surface area contributed by atoms with Gasteiger partial charge < -0.3 is 15.4 Å². The Morgan fingerprint density at radius 1 is 1.03 bits per heavy atom. The van der Waals surface area contributed by atoms with Gasteiger partial charge in [-0.15, -0.1) is 11.3 Å². The lowest BCUT2D eigenvalue weighted by Crippen LogP contribution is -2.36. The second-order valence-electron chi connectivity index (χ2n) is 7.04. The highest BCUT2D eigenvalue weighted by molar-refractivity contribution is 7.17. The number of hydrogen-bond acceptors (Lipinski definition) is 6. The van der Waals surface area contributed by atoms with Gasteiger partial charge in [-0.25, -0.2) is 4.79 Å². The van der Waals surface area contributed by atoms with Crippen molar-refractivity contribution in [3.05, 3.63) is 46.3 Å². The number of benzene rings is 1. The summed E-state index contributed by atoms with van der Waals surface area (Å²) < 4.78 is 4.93. The number of likely N-dealkylation sites (N-methyl/N-ethyl adjacent to an activating group) is 1. The zero-order chi connectivity index (χ0) is 20.8. The summed E-state index contributed by atoms with van der Waals surface area (Å²) in [5.74, 6) is -0.896. The van der Waals surface area contributed by atoms with E-state index in [2.05, 4.69) is 10.6 Å². The number of nitrogens with zero attached hydrogens (tertiary/aromatic N) is 1. The van der Waals surface area contributed by atoms with Crippen LogP contribution in [0.3, 0.4) is 0 Å². The van der Waals surface area contributed by atoms with Crippen LogP contribution < -0.4 is 10.6 Å². The molecule has 154 valence electrons. The zero-order valence-electron chi connectivity index (χ0n) is 16.6. The molecule has 1 aromatic heterocycles. The lowest BCUT2D eigenvalue weighted by atomic mass is 9.95. The van der Waals surface area contributed by atoms with Gasteiger partial charge in [-0.3, -0.25) is 14.5 Å². The molecule has 8 heteroatoms. The van der Waals surface area contributed by atoms with Crippen LogP contribution in [-0.2, 0) is 27.2 Å². The van der Waals surface area contributed by atoms with Gasteiger partial charge in [0.1, 0.15) is 5.00 Å². The van der Waals surface area contributed by atoms with Crippen molar-refractivity contribution in [1.29, 1.82) is 0 Å². The van der Waals surface area contributed by atoms with Crippen molar-refractivity contribution in [2.45, 2.75) is 25.7 Å². The maximum Gasteiger partial charge on any atom is 0.341 e. The maximum absolute atomic E-state index is 12.5. The third kappa shape index (κ3) is 5.42. The van der Waals surface area contributed by atoms with E-state index in [0.717, 1.165) is 36.1 Å². The largest absolute Gasteiger partial charge is 0.465 e. The summed E-state index contributed by atoms with van der Waals surface area (Å²) in [6, 6.07) is 9.16. The molecule has 1 aliphatic carbocycles. The van der Waals surface area contributed by atoms with Gasteiger partial charge in [0, 0.05) is 10.6 Å². The average molecular weight is 416 g/mol. The Balaban J connectivity index is 1.59. The normalized spacial score (nSPS) is 12.9. The summed E-state index contributed by atoms with van der Waals surface area (Å²) in [4.78, 5) is 39.7. The molecule has 3 rings (SSSR count). The molecule has 1 heterocycles. The van der Waals surface area contributed by atoms with Gasteiger partial charge in [-0.1, -0.05) is 18.2 Å². The van der Waals surface area contributed by atoms with E-state index in [1.165, 1.54) is 18.4 Å². The molecular weight excluding hydrogens is 390 g/mol. The number of hydrogen-bond donors (Lipinski definition) is 2. The van der Waals surface area contributed by atoms with Crippen LogP contribution >= 0.6 is 11.3 Å². The molecule has 0 radical (unpaired) electrons. The quantitative estimate of drug-likeness (QED) is 0.679. The van der Waals surface area contributed by atoms with Crippen molar-refractivity contribution in [3.8, 4) is 0 Å². The Morgan fingerprint density at radius 2 is 1.69 bits per heavy atom. The summed E-state index contributed by atoms with van der Waals surface area (Å²) in [6.07, 6.45) is 3.85. The molecular formula is C21H25N3O4S. The number of thiophene rings is 1. The summed E-state index contributed by atoms with van der Waals surface area (Å²) in [7, 11) is 3.05. The van der Waals surface area contributed by atoms with Crippen molar-refractivity contribution in [2.24, 2.45) is 0 Å². The van der Waals surface area contributed by atoms with E-state index >= 15 is 0 Å². The van der Waals surface area contributed by atoms with Crippen molar-refractivity contribution in [1.82, 2.24) is 4.90 Å². The first-order chi connectivity index (χ1) is 14.0. The molecule has 0 saturated carbocycles. The first-order valence-electron chi connectivity index (χ1n) is 9.54. The first-order valence-corrected chi connectivity index (χ1v) is 10.4. The molecule has 2 amide bonds. The third-order valence-electron chi connectivity index (χ3n) is 4.70. The van der Waals surface area contributed by atoms with Gasteiger partial charge in [0.2, 0.25) is 11.8 Å². The molecule has 0 unspecified atom stereocenters. The fraction of sp³-hybridized carbons (Fsp3) is 0.381. The lowest BCUT2D eigenvalue weighted by molar-refractivity contribution is -0.119. The van der Waals surface area contributed by atoms with Gasteiger partial charge in [0.25, 0.3) is 0 Å². The van der Waals surface area contributed by atoms with Crippen LogP contribution in [0.4, 0.5) is 10.7 Å². The number of amides is 2. The number of fused-ring (bicyclic) bond motifs is 1. The Morgan fingerprint density at radius 3 is 2.38 bits per heavy atom. The smallest absolute Gasteiger partial charge is 0.341 e. The number of ether oxygens (including phenoxy) is 1. The van der Waals surface area contributed by atoms with Crippen LogP contribution in [0.5, 0.6) is 0 Å². The van der Waals surface area contributed by atoms with Gasteiger partial charge in [0.05, 0.1) is 25.8 Å². The summed E-state index contributed by atoms with van der Waals surface area (Å²) >= 11 is 1.45. The minimum Gasteiger partial charge on any atom is -0.465 e. The van der Waals surface area contributed by atoms with Gasteiger partial charge in [-0.2, -0.15) is 0 Å². The lowest BCUT2D eigenvalue weighted by Gasteiger charge is -2.16. The molecule has 1 aromatic carbocycles. The van der Waals surface area contributed by atoms with E-state index in [0.29, 0.717) is 16.3 Å². The molecule has 0 aliphatic heterocycles. The van der Waals surface area contributed by atoms with E-state index in [9.17, 15) is 14.4 Å². The number of para-hydroxylation sites is 1. The van der Waals surface area contributed by atoms with Gasteiger partial charge in [0.15, 0.2) is 0 Å². The number of esters is 1. The number of rotatable bonds is 7. The monoisotopic (exact) mass is 415 g/mol. The number of methoxy groups -OCH3 is 1. The molecule has 7 nitrogen and oxygen atoms in total. The predicted molar refractivity (Wildman–Crippen MR) is 113 cm³/mol. The molecule has 1 aliphatic rings. The Hall–Kier alpha value is -2.71. The second kappa shape index (κ2) is 9.67. The van der Waals surface area contributed by atoms with Crippen molar-refractivity contribution in [2.75, 3.05) is 37.9 Å². The summed E-state index contributed by atoms with van der Waals surface area (Å²) in [5, 5.41) is 6.17. The summed E-state index contributed by atoms with van der Waals surface area (Å²) in [5.41, 5.74) is 2.19. The van der Waals surface area contributed by atoms with Crippen LogP contribution in [-0.4, -0.2) is 49.9 Å². The van der Waals surface area contributed by atoms with E-state index in [4.69, 9.17) is 4.74 Å². The van der Waals surface area contributed by atoms with Gasteiger partial charge >= 0.3 is 5.97 Å². The van der Waals surface area contributed by atoms with E-state index < -0.39 is 5.97 Å². The molecule has 0 saturated heterocycles. The maximum atomic E-state index is 12.5. The van der Waals surface area contributed by atoms with E-state index in [1.54, 1.807) is 24.1 Å². The van der Waals surface area contributed by atoms with Crippen molar-refractivity contribution in [3.63, 3.8) is 0 Å². The Bertz CT molecular complexity index is 895. The van der Waals surface area contributed by atoms with Crippen LogP contribution in [0.15, 0.2) is 30.3 Å². The predicted octanol–water partition coefficient (Wildman–Crippen LogP) is 2.92. The minimum atomic E-state index is -0.421. The summed E-state index contributed by atoms with van der Waals surface area (Å²) in [6.45, 7) is 0.110. The van der Waals surface area contributed by atoms with Gasteiger partial charge in [-0.05, 0) is 50.4 Å². The highest BCUT2D eigenvalue weighted by Crippen LogP contribution is 2.38. The van der Waals surface area contributed by atoms with Crippen molar-refractivity contribution < 1.29 is 19.1 Å². The van der Waals surface area contributed by atoms with E-state index in [-0.39, 0.29) is 24.9 Å². The second-order valence-corrected chi connectivity index (χ2v) is 8.15. The molecule has 0 bridgehead atoms. The molecule has 29 heavy (non-hydrogen) atoms. The van der Waals surface area contributed by atoms with Crippen LogP contribution in [0, 0.1) is 0 Å². The molecule has 0 spiro atoms. The van der Waals surface area contributed by atoms with E-state index in [1.807, 2.05) is 18.2 Å². The first kappa shape index (κ1) is 21.0. The minimum absolute atomic E-state index is 0.0331. The molecule has 0 fully saturated rings. The average Bonchev–Trinajstić information content (AvgIpc) is 3.05. The fourth-order valence-electron chi connectivity index (χ4n) is 3.41. The van der Waals surface area contributed by atoms with Crippen molar-refractivity contribution >= 4 is 39.8 Å². The number of anilines is 2. The topological polar surface area (TPSA) is 87.7 Å². The highest BCUT2D eigenvalue weighted by atomic mass is 32.1. The molecule has 2 aromatic rings. The fourth-order valence-corrected chi connectivity index (χ4v) is 4.70. The zero-order valence-corrected chi connectivity index (χ0v) is 17.4. The highest BCUT2D eigenvalue weighted by Gasteiger charge is 2.27. The number of carbonyl (C=O) groups is 3. The Labute approximate surface area is 174 Å². The molecule has 0 atom stereocenters. The Kier molecular flexibility index (Phi) is 7.00. The number of aryl methyl sites for hydroxylation is 1. The number of carbonyl (C=O) groups excluding carboxylic acids is 3. The third-order valence-corrected chi connectivity index (χ3v) is 5.91.